The summed E-state index contributed by atoms with van der Waals surface area (Å²) in [4.78, 5) is 32.9. The van der Waals surface area contributed by atoms with Gasteiger partial charge in [-0.3, -0.25) is 14.8 Å². The summed E-state index contributed by atoms with van der Waals surface area (Å²) in [7, 11) is 1.32. The topological polar surface area (TPSA) is 107 Å². The molecule has 1 aromatic carbocycles. The van der Waals surface area contributed by atoms with E-state index >= 15 is 0 Å². The number of amides is 1. The molecule has 7 heteroatoms. The van der Waals surface area contributed by atoms with Crippen molar-refractivity contribution in [3.63, 3.8) is 0 Å². The van der Waals surface area contributed by atoms with E-state index in [9.17, 15) is 9.59 Å². The molecular formula is C22H20N4O3. The smallest absolute Gasteiger partial charge is 0.337 e. The summed E-state index contributed by atoms with van der Waals surface area (Å²) in [5.74, 6) is -0.289. The molecule has 1 amide bonds. The Hall–Kier alpha value is -3.58. The summed E-state index contributed by atoms with van der Waals surface area (Å²) in [6.07, 6.45) is 4.05. The lowest BCUT2D eigenvalue weighted by molar-refractivity contribution is 0.0600. The Morgan fingerprint density at radius 1 is 1.00 bits per heavy atom. The normalized spacial score (nSPS) is 17.4. The van der Waals surface area contributed by atoms with Gasteiger partial charge in [0.2, 0.25) is 0 Å². The number of methoxy groups -OCH3 is 1. The molecule has 4 rings (SSSR count). The van der Waals surface area contributed by atoms with Crippen LogP contribution in [0.1, 0.15) is 38.6 Å². The number of benzene rings is 1. The molecule has 0 spiro atoms. The SMILES string of the molecule is COC(=O)c1ccnc(-c2cc(C(=O)Nc3ccc(C4CC4N)cc3)ccn2)c1. The zero-order valence-corrected chi connectivity index (χ0v) is 15.8. The van der Waals surface area contributed by atoms with Crippen molar-refractivity contribution in [2.75, 3.05) is 12.4 Å². The van der Waals surface area contributed by atoms with Crippen LogP contribution in [0.2, 0.25) is 0 Å². The van der Waals surface area contributed by atoms with Gasteiger partial charge in [0.15, 0.2) is 0 Å². The maximum atomic E-state index is 12.6. The lowest BCUT2D eigenvalue weighted by atomic mass is 10.1. The number of nitrogens with one attached hydrogen (secondary N) is 1. The van der Waals surface area contributed by atoms with Gasteiger partial charge in [-0.15, -0.1) is 0 Å². The van der Waals surface area contributed by atoms with E-state index in [4.69, 9.17) is 10.5 Å². The number of nitrogens with two attached hydrogens (primary N) is 1. The van der Waals surface area contributed by atoms with Crippen molar-refractivity contribution in [2.24, 2.45) is 5.73 Å². The molecule has 1 saturated carbocycles. The predicted octanol–water partition coefficient (Wildman–Crippen LogP) is 3.00. The summed E-state index contributed by atoms with van der Waals surface area (Å²) >= 11 is 0. The number of ether oxygens (including phenoxy) is 1. The molecule has 2 heterocycles. The maximum absolute atomic E-state index is 12.6. The number of hydrogen-bond acceptors (Lipinski definition) is 6. The van der Waals surface area contributed by atoms with Crippen LogP contribution < -0.4 is 11.1 Å². The highest BCUT2D eigenvalue weighted by molar-refractivity contribution is 6.04. The highest BCUT2D eigenvalue weighted by atomic mass is 16.5. The summed E-state index contributed by atoms with van der Waals surface area (Å²) < 4.78 is 4.73. The Morgan fingerprint density at radius 3 is 2.17 bits per heavy atom. The van der Waals surface area contributed by atoms with Crippen LogP contribution >= 0.6 is 0 Å². The second kappa shape index (κ2) is 7.81. The number of hydrogen-bond donors (Lipinski definition) is 2. The molecular weight excluding hydrogens is 368 g/mol. The van der Waals surface area contributed by atoms with Crippen molar-refractivity contribution in [1.82, 2.24) is 9.97 Å². The molecule has 146 valence electrons. The van der Waals surface area contributed by atoms with Gasteiger partial charge in [0, 0.05) is 35.6 Å². The number of pyridine rings is 2. The maximum Gasteiger partial charge on any atom is 0.337 e. The molecule has 3 N–H and O–H groups in total. The van der Waals surface area contributed by atoms with Crippen LogP contribution in [0.15, 0.2) is 60.9 Å². The Bertz CT molecular complexity index is 1070. The van der Waals surface area contributed by atoms with E-state index in [1.165, 1.54) is 25.1 Å². The van der Waals surface area contributed by atoms with E-state index in [1.54, 1.807) is 24.3 Å². The van der Waals surface area contributed by atoms with Crippen LogP contribution in [-0.4, -0.2) is 35.0 Å². The average Bonchev–Trinajstić information content (AvgIpc) is 3.50. The first-order valence-corrected chi connectivity index (χ1v) is 9.23. The fourth-order valence-electron chi connectivity index (χ4n) is 3.14. The first-order chi connectivity index (χ1) is 14.0. The molecule has 0 radical (unpaired) electrons. The quantitative estimate of drug-likeness (QED) is 0.651. The number of nitrogens with zero attached hydrogens (tertiary/aromatic N) is 2. The molecule has 7 nitrogen and oxygen atoms in total. The number of aromatic nitrogens is 2. The molecule has 1 aliphatic carbocycles. The molecule has 1 fully saturated rings. The van der Waals surface area contributed by atoms with Crippen molar-refractivity contribution >= 4 is 17.6 Å². The summed E-state index contributed by atoms with van der Waals surface area (Å²) in [5, 5.41) is 2.88. The highest BCUT2D eigenvalue weighted by Crippen LogP contribution is 2.39. The Morgan fingerprint density at radius 2 is 1.59 bits per heavy atom. The van der Waals surface area contributed by atoms with Gasteiger partial charge >= 0.3 is 5.97 Å². The minimum absolute atomic E-state index is 0.247. The van der Waals surface area contributed by atoms with Crippen molar-refractivity contribution in [3.8, 4) is 11.4 Å². The second-order valence-electron chi connectivity index (χ2n) is 6.93. The van der Waals surface area contributed by atoms with Gasteiger partial charge < -0.3 is 15.8 Å². The van der Waals surface area contributed by atoms with Gasteiger partial charge in [0.05, 0.1) is 24.1 Å². The van der Waals surface area contributed by atoms with E-state index in [0.717, 1.165) is 6.42 Å². The Labute approximate surface area is 167 Å². The Balaban J connectivity index is 1.51. The van der Waals surface area contributed by atoms with Crippen LogP contribution in [0.5, 0.6) is 0 Å². The van der Waals surface area contributed by atoms with Crippen LogP contribution in [0.3, 0.4) is 0 Å². The number of carbonyl (C=O) groups is 2. The van der Waals surface area contributed by atoms with E-state index in [1.807, 2.05) is 24.3 Å². The Kier molecular flexibility index (Phi) is 5.05. The minimum atomic E-state index is -0.460. The molecule has 0 aliphatic heterocycles. The monoisotopic (exact) mass is 388 g/mol. The lowest BCUT2D eigenvalue weighted by Crippen LogP contribution is -2.12. The largest absolute Gasteiger partial charge is 0.465 e. The van der Waals surface area contributed by atoms with Gasteiger partial charge in [-0.1, -0.05) is 12.1 Å². The third-order valence-corrected chi connectivity index (χ3v) is 4.90. The minimum Gasteiger partial charge on any atom is -0.465 e. The van der Waals surface area contributed by atoms with Crippen LogP contribution in [-0.2, 0) is 4.74 Å². The predicted molar refractivity (Wildman–Crippen MR) is 109 cm³/mol. The molecule has 2 atom stereocenters. The second-order valence-corrected chi connectivity index (χ2v) is 6.93. The zero-order chi connectivity index (χ0) is 20.4. The molecule has 0 saturated heterocycles. The third kappa shape index (κ3) is 4.14. The molecule has 3 aromatic rings. The van der Waals surface area contributed by atoms with Crippen molar-refractivity contribution < 1.29 is 14.3 Å². The highest BCUT2D eigenvalue weighted by Gasteiger charge is 2.34. The van der Waals surface area contributed by atoms with Crippen LogP contribution in [0, 0.1) is 0 Å². The summed E-state index contributed by atoms with van der Waals surface area (Å²) in [6.45, 7) is 0. The number of rotatable bonds is 5. The third-order valence-electron chi connectivity index (χ3n) is 4.90. The van der Waals surface area contributed by atoms with Gasteiger partial charge in [0.1, 0.15) is 0 Å². The fraction of sp³-hybridized carbons (Fsp3) is 0.182. The summed E-state index contributed by atoms with van der Waals surface area (Å²) in [5.41, 5.74) is 9.55. The van der Waals surface area contributed by atoms with Crippen LogP contribution in [0.4, 0.5) is 5.69 Å². The van der Waals surface area contributed by atoms with E-state index in [2.05, 4.69) is 15.3 Å². The van der Waals surface area contributed by atoms with Gasteiger partial charge in [0.25, 0.3) is 5.91 Å². The molecule has 0 bridgehead atoms. The van der Waals surface area contributed by atoms with E-state index < -0.39 is 5.97 Å². The molecule has 1 aliphatic rings. The van der Waals surface area contributed by atoms with Crippen molar-refractivity contribution in [2.45, 2.75) is 18.4 Å². The number of anilines is 1. The van der Waals surface area contributed by atoms with Crippen molar-refractivity contribution in [1.29, 1.82) is 0 Å². The summed E-state index contributed by atoms with van der Waals surface area (Å²) in [6, 6.07) is 14.4. The molecule has 2 aromatic heterocycles. The lowest BCUT2D eigenvalue weighted by Gasteiger charge is -2.08. The van der Waals surface area contributed by atoms with Gasteiger partial charge in [-0.05, 0) is 48.4 Å². The van der Waals surface area contributed by atoms with Gasteiger partial charge in [-0.2, -0.15) is 0 Å². The standard InChI is InChI=1S/C22H20N4O3/c1-29-22(28)15-7-9-25-20(11-15)19-10-14(6-8-24-19)21(27)26-16-4-2-13(3-5-16)17-12-18(17)23/h2-11,17-18H,12,23H2,1H3,(H,26,27). The van der Waals surface area contributed by atoms with Gasteiger partial charge in [-0.25, -0.2) is 4.79 Å². The average molecular weight is 388 g/mol. The number of carbonyl (C=O) groups excluding carboxylic acids is 2. The fourth-order valence-corrected chi connectivity index (χ4v) is 3.14. The van der Waals surface area contributed by atoms with E-state index in [0.29, 0.717) is 34.1 Å². The molecule has 29 heavy (non-hydrogen) atoms. The molecule has 2 unspecified atom stereocenters. The number of esters is 1. The van der Waals surface area contributed by atoms with E-state index in [-0.39, 0.29) is 11.9 Å². The van der Waals surface area contributed by atoms with Crippen molar-refractivity contribution in [3.05, 3.63) is 77.6 Å². The zero-order valence-electron chi connectivity index (χ0n) is 15.8. The van der Waals surface area contributed by atoms with Crippen LogP contribution in [0.25, 0.3) is 11.4 Å². The first kappa shape index (κ1) is 18.8. The first-order valence-electron chi connectivity index (χ1n) is 9.23.